The highest BCUT2D eigenvalue weighted by Gasteiger charge is 2.25. The molecule has 1 aromatic heterocycles. The molecule has 5 nitrogen and oxygen atoms in total. The maximum atomic E-state index is 12.7. The molecular weight excluding hydrogens is 349 g/mol. The summed E-state index contributed by atoms with van der Waals surface area (Å²) >= 11 is 12.5. The number of nitrogens with zero attached hydrogens (tertiary/aromatic N) is 1. The molecule has 0 bridgehead atoms. The van der Waals surface area contributed by atoms with Gasteiger partial charge in [-0.15, -0.1) is 0 Å². The summed E-state index contributed by atoms with van der Waals surface area (Å²) in [6, 6.07) is 5.17. The third kappa shape index (κ3) is 3.58. The van der Waals surface area contributed by atoms with Crippen LogP contribution in [0.5, 0.6) is 0 Å². The number of hydrogen-bond donors (Lipinski definition) is 2. The smallest absolute Gasteiger partial charge is 0.257 e. The van der Waals surface area contributed by atoms with Gasteiger partial charge < -0.3 is 15.2 Å². The third-order valence-corrected chi connectivity index (χ3v) is 4.87. The number of rotatable bonds is 4. The molecule has 0 aliphatic carbocycles. The van der Waals surface area contributed by atoms with Crippen molar-refractivity contribution in [2.45, 2.75) is 19.8 Å². The fourth-order valence-corrected chi connectivity index (χ4v) is 3.53. The number of nitrogens with one attached hydrogen (secondary N) is 2. The number of carbonyl (C=O) groups is 1. The third-order valence-electron chi connectivity index (χ3n) is 4.24. The standard InChI is InChI=1S/C17H19Cl2N3O2/c1-10-14(17(23)21-9-11-4-3-7-20-8-11)16(22-24-10)15-12(18)5-2-6-13(15)19/h2,5-6,11,20H,3-4,7-9H2,1H3,(H,21,23). The fraction of sp³-hybridized carbons (Fsp3) is 0.412. The van der Waals surface area contributed by atoms with Crippen molar-refractivity contribution in [3.63, 3.8) is 0 Å². The Morgan fingerprint density at radius 3 is 2.83 bits per heavy atom. The molecule has 1 atom stereocenters. The summed E-state index contributed by atoms with van der Waals surface area (Å²) in [6.07, 6.45) is 2.24. The van der Waals surface area contributed by atoms with Crippen LogP contribution in [0.4, 0.5) is 0 Å². The summed E-state index contributed by atoms with van der Waals surface area (Å²) < 4.78 is 5.23. The Morgan fingerprint density at radius 1 is 1.42 bits per heavy atom. The van der Waals surface area contributed by atoms with Crippen molar-refractivity contribution in [2.24, 2.45) is 5.92 Å². The minimum absolute atomic E-state index is 0.217. The molecule has 2 heterocycles. The van der Waals surface area contributed by atoms with Crippen LogP contribution in [0.15, 0.2) is 22.7 Å². The molecule has 0 spiro atoms. The molecule has 2 N–H and O–H groups in total. The van der Waals surface area contributed by atoms with Gasteiger partial charge in [0.05, 0.1) is 10.0 Å². The number of aryl methyl sites for hydroxylation is 1. The Labute approximate surface area is 150 Å². The molecule has 0 saturated carbocycles. The van der Waals surface area contributed by atoms with E-state index in [1.807, 2.05) is 0 Å². The lowest BCUT2D eigenvalue weighted by molar-refractivity contribution is 0.0944. The molecule has 1 aliphatic heterocycles. The van der Waals surface area contributed by atoms with Crippen LogP contribution < -0.4 is 10.6 Å². The van der Waals surface area contributed by atoms with Gasteiger partial charge in [0.15, 0.2) is 0 Å². The Balaban J connectivity index is 1.83. The lowest BCUT2D eigenvalue weighted by Crippen LogP contribution is -2.38. The number of piperidine rings is 1. The summed E-state index contributed by atoms with van der Waals surface area (Å²) in [5, 5.41) is 11.2. The second-order valence-electron chi connectivity index (χ2n) is 5.98. The number of halogens is 2. The highest BCUT2D eigenvalue weighted by molar-refractivity contribution is 6.39. The molecule has 1 amide bonds. The van der Waals surface area contributed by atoms with Crippen LogP contribution in [0, 0.1) is 12.8 Å². The fourth-order valence-electron chi connectivity index (χ4n) is 2.96. The van der Waals surface area contributed by atoms with E-state index in [1.54, 1.807) is 25.1 Å². The van der Waals surface area contributed by atoms with Crippen molar-refractivity contribution in [3.05, 3.63) is 39.6 Å². The zero-order valence-corrected chi connectivity index (χ0v) is 14.9. The van der Waals surface area contributed by atoms with Gasteiger partial charge in [-0.25, -0.2) is 0 Å². The molecule has 1 aromatic carbocycles. The van der Waals surface area contributed by atoms with Crippen molar-refractivity contribution in [1.29, 1.82) is 0 Å². The van der Waals surface area contributed by atoms with E-state index in [1.165, 1.54) is 0 Å². The minimum Gasteiger partial charge on any atom is -0.360 e. The van der Waals surface area contributed by atoms with Gasteiger partial charge in [0, 0.05) is 12.1 Å². The molecule has 1 fully saturated rings. The molecule has 1 aliphatic rings. The number of aromatic nitrogens is 1. The Kier molecular flexibility index (Phi) is 5.43. The molecule has 3 rings (SSSR count). The van der Waals surface area contributed by atoms with Crippen LogP contribution >= 0.6 is 23.2 Å². The molecule has 24 heavy (non-hydrogen) atoms. The minimum atomic E-state index is -0.217. The zero-order chi connectivity index (χ0) is 17.1. The molecule has 2 aromatic rings. The van der Waals surface area contributed by atoms with Crippen LogP contribution in [0.3, 0.4) is 0 Å². The number of hydrogen-bond acceptors (Lipinski definition) is 4. The second kappa shape index (κ2) is 7.55. The predicted molar refractivity (Wildman–Crippen MR) is 94.6 cm³/mol. The van der Waals surface area contributed by atoms with Crippen LogP contribution in [-0.4, -0.2) is 30.7 Å². The molecule has 0 radical (unpaired) electrons. The van der Waals surface area contributed by atoms with E-state index in [0.717, 1.165) is 25.9 Å². The molecular formula is C17H19Cl2N3O2. The largest absolute Gasteiger partial charge is 0.360 e. The number of amides is 1. The highest BCUT2D eigenvalue weighted by atomic mass is 35.5. The SMILES string of the molecule is Cc1onc(-c2c(Cl)cccc2Cl)c1C(=O)NCC1CCCNC1. The van der Waals surface area contributed by atoms with Crippen LogP contribution in [0.1, 0.15) is 29.0 Å². The van der Waals surface area contributed by atoms with Crippen LogP contribution in [-0.2, 0) is 0 Å². The van der Waals surface area contributed by atoms with Gasteiger partial charge in [-0.1, -0.05) is 34.4 Å². The van der Waals surface area contributed by atoms with Gasteiger partial charge in [-0.3, -0.25) is 4.79 Å². The van der Waals surface area contributed by atoms with E-state index in [0.29, 0.717) is 45.1 Å². The first-order valence-corrected chi connectivity index (χ1v) is 8.73. The molecule has 128 valence electrons. The van der Waals surface area contributed by atoms with Gasteiger partial charge in [0.2, 0.25) is 0 Å². The first-order chi connectivity index (χ1) is 11.6. The first-order valence-electron chi connectivity index (χ1n) is 7.97. The van der Waals surface area contributed by atoms with E-state index in [-0.39, 0.29) is 5.91 Å². The van der Waals surface area contributed by atoms with Crippen molar-refractivity contribution >= 4 is 29.1 Å². The Bertz CT molecular complexity index is 719. The summed E-state index contributed by atoms with van der Waals surface area (Å²) in [6.45, 7) is 4.29. The van der Waals surface area contributed by atoms with Gasteiger partial charge >= 0.3 is 0 Å². The summed E-state index contributed by atoms with van der Waals surface area (Å²) in [4.78, 5) is 12.7. The summed E-state index contributed by atoms with van der Waals surface area (Å²) in [5.41, 5.74) is 1.28. The van der Waals surface area contributed by atoms with E-state index in [9.17, 15) is 4.79 Å². The zero-order valence-electron chi connectivity index (χ0n) is 13.4. The van der Waals surface area contributed by atoms with Gasteiger partial charge in [-0.2, -0.15) is 0 Å². The lowest BCUT2D eigenvalue weighted by Gasteiger charge is -2.22. The number of benzene rings is 1. The maximum absolute atomic E-state index is 12.7. The van der Waals surface area contributed by atoms with E-state index in [2.05, 4.69) is 15.8 Å². The second-order valence-corrected chi connectivity index (χ2v) is 6.80. The number of carbonyl (C=O) groups excluding carboxylic acids is 1. The highest BCUT2D eigenvalue weighted by Crippen LogP contribution is 2.36. The van der Waals surface area contributed by atoms with Gasteiger partial charge in [0.25, 0.3) is 5.91 Å². The summed E-state index contributed by atoms with van der Waals surface area (Å²) in [7, 11) is 0. The molecule has 7 heteroatoms. The normalized spacial score (nSPS) is 17.7. The van der Waals surface area contributed by atoms with Crippen molar-refractivity contribution in [3.8, 4) is 11.3 Å². The molecule has 1 saturated heterocycles. The quantitative estimate of drug-likeness (QED) is 0.864. The Morgan fingerprint density at radius 2 is 2.17 bits per heavy atom. The van der Waals surface area contributed by atoms with Crippen LogP contribution in [0.2, 0.25) is 10.0 Å². The lowest BCUT2D eigenvalue weighted by atomic mass is 9.99. The van der Waals surface area contributed by atoms with Crippen molar-refractivity contribution in [1.82, 2.24) is 15.8 Å². The van der Waals surface area contributed by atoms with Gasteiger partial charge in [0.1, 0.15) is 17.0 Å². The van der Waals surface area contributed by atoms with Crippen molar-refractivity contribution in [2.75, 3.05) is 19.6 Å². The molecule has 1 unspecified atom stereocenters. The average molecular weight is 368 g/mol. The van der Waals surface area contributed by atoms with Crippen molar-refractivity contribution < 1.29 is 9.32 Å². The first kappa shape index (κ1) is 17.3. The summed E-state index contributed by atoms with van der Waals surface area (Å²) in [5.74, 6) is 0.667. The van der Waals surface area contributed by atoms with E-state index < -0.39 is 0 Å². The van der Waals surface area contributed by atoms with E-state index in [4.69, 9.17) is 27.7 Å². The average Bonchev–Trinajstić information content (AvgIpc) is 2.95. The monoisotopic (exact) mass is 367 g/mol. The van der Waals surface area contributed by atoms with Gasteiger partial charge in [-0.05, 0) is 50.9 Å². The van der Waals surface area contributed by atoms with Crippen LogP contribution in [0.25, 0.3) is 11.3 Å². The maximum Gasteiger partial charge on any atom is 0.257 e. The van der Waals surface area contributed by atoms with E-state index >= 15 is 0 Å². The topological polar surface area (TPSA) is 67.2 Å². The predicted octanol–water partition coefficient (Wildman–Crippen LogP) is 3.69. The Hall–Kier alpha value is -1.56.